The van der Waals surface area contributed by atoms with Crippen molar-refractivity contribution < 1.29 is 4.74 Å². The largest absolute Gasteiger partial charge is 0.497 e. The minimum Gasteiger partial charge on any atom is -0.497 e. The van der Waals surface area contributed by atoms with E-state index in [1.165, 1.54) is 11.1 Å². The summed E-state index contributed by atoms with van der Waals surface area (Å²) in [7, 11) is 1.64. The summed E-state index contributed by atoms with van der Waals surface area (Å²) >= 11 is 0. The van der Waals surface area contributed by atoms with Crippen molar-refractivity contribution in [2.75, 3.05) is 19.0 Å². The predicted octanol–water partition coefficient (Wildman–Crippen LogP) is 4.33. The third-order valence-corrected chi connectivity index (χ3v) is 3.81. The first-order valence-corrected chi connectivity index (χ1v) is 7.69. The first-order valence-electron chi connectivity index (χ1n) is 7.69. The number of aliphatic imine (C=N–C) groups is 1. The van der Waals surface area contributed by atoms with Gasteiger partial charge in [-0.05, 0) is 36.8 Å². The second-order valence-corrected chi connectivity index (χ2v) is 6.31. The number of aryl methyl sites for hydroxylation is 1. The lowest BCUT2D eigenvalue weighted by Crippen LogP contribution is -2.27. The number of rotatable bonds is 5. The molecule has 0 fully saturated rings. The summed E-state index contributed by atoms with van der Waals surface area (Å²) in [6, 6.07) is 16.1. The molecule has 0 aliphatic rings. The highest BCUT2D eigenvalue weighted by Crippen LogP contribution is 2.24. The van der Waals surface area contributed by atoms with Gasteiger partial charge in [0, 0.05) is 11.1 Å². The number of methoxy groups -OCH3 is 1. The van der Waals surface area contributed by atoms with Crippen molar-refractivity contribution in [3.63, 3.8) is 0 Å². The highest BCUT2D eigenvalue weighted by Gasteiger charge is 2.20. The van der Waals surface area contributed by atoms with Gasteiger partial charge in [-0.25, -0.2) is 0 Å². The lowest BCUT2D eigenvalue weighted by molar-refractivity contribution is 0.415. The molecule has 0 unspecified atom stereocenters. The van der Waals surface area contributed by atoms with Gasteiger partial charge in [0.05, 0.1) is 13.7 Å². The topological polar surface area (TPSA) is 59.6 Å². The number of anilines is 1. The van der Waals surface area contributed by atoms with E-state index >= 15 is 0 Å². The number of guanidine groups is 1. The van der Waals surface area contributed by atoms with Gasteiger partial charge in [-0.1, -0.05) is 43.7 Å². The van der Waals surface area contributed by atoms with E-state index in [4.69, 9.17) is 10.5 Å². The molecule has 2 aromatic rings. The van der Waals surface area contributed by atoms with Crippen molar-refractivity contribution in [2.24, 2.45) is 10.7 Å². The summed E-state index contributed by atoms with van der Waals surface area (Å²) in [5, 5.41) is 3.10. The average molecular weight is 439 g/mol. The Morgan fingerprint density at radius 1 is 1.17 bits per heavy atom. The zero-order chi connectivity index (χ0) is 16.9. The summed E-state index contributed by atoms with van der Waals surface area (Å²) in [6.45, 7) is 7.06. The first-order chi connectivity index (χ1) is 10.9. The van der Waals surface area contributed by atoms with Gasteiger partial charge >= 0.3 is 0 Å². The second kappa shape index (κ2) is 8.92. The van der Waals surface area contributed by atoms with Gasteiger partial charge in [0.1, 0.15) is 5.75 Å². The summed E-state index contributed by atoms with van der Waals surface area (Å²) in [5.41, 5.74) is 9.33. The maximum absolute atomic E-state index is 6.00. The molecule has 0 heterocycles. The molecule has 2 aromatic carbocycles. The van der Waals surface area contributed by atoms with Gasteiger partial charge in [0.25, 0.3) is 0 Å². The number of hydrogen-bond acceptors (Lipinski definition) is 2. The monoisotopic (exact) mass is 439 g/mol. The maximum atomic E-state index is 6.00. The molecule has 0 aliphatic heterocycles. The van der Waals surface area contributed by atoms with E-state index in [2.05, 4.69) is 55.3 Å². The summed E-state index contributed by atoms with van der Waals surface area (Å²) < 4.78 is 5.14. The molecule has 0 radical (unpaired) electrons. The highest BCUT2D eigenvalue weighted by atomic mass is 127. The third kappa shape index (κ3) is 5.70. The van der Waals surface area contributed by atoms with Gasteiger partial charge in [-0.15, -0.1) is 24.0 Å². The Labute approximate surface area is 161 Å². The molecule has 24 heavy (non-hydrogen) atoms. The number of nitrogens with one attached hydrogen (secondary N) is 1. The quantitative estimate of drug-likeness (QED) is 0.414. The lowest BCUT2D eigenvalue weighted by atomic mass is 9.84. The van der Waals surface area contributed by atoms with Crippen molar-refractivity contribution >= 4 is 35.6 Å². The smallest absolute Gasteiger partial charge is 0.193 e. The van der Waals surface area contributed by atoms with Crippen molar-refractivity contribution in [3.05, 3.63) is 59.7 Å². The lowest BCUT2D eigenvalue weighted by Gasteiger charge is -2.23. The zero-order valence-electron chi connectivity index (χ0n) is 14.7. The Bertz CT molecular complexity index is 681. The summed E-state index contributed by atoms with van der Waals surface area (Å²) in [5.74, 6) is 1.22. The number of nitrogens with zero attached hydrogens (tertiary/aromatic N) is 1. The third-order valence-electron chi connectivity index (χ3n) is 3.81. The van der Waals surface area contributed by atoms with Crippen LogP contribution in [0.1, 0.15) is 25.0 Å². The Morgan fingerprint density at radius 2 is 1.83 bits per heavy atom. The van der Waals surface area contributed by atoms with Gasteiger partial charge in [-0.2, -0.15) is 0 Å². The Balaban J connectivity index is 0.00000288. The van der Waals surface area contributed by atoms with Crippen molar-refractivity contribution in [1.29, 1.82) is 0 Å². The number of benzene rings is 2. The zero-order valence-corrected chi connectivity index (χ0v) is 17.0. The molecule has 0 aliphatic carbocycles. The van der Waals surface area contributed by atoms with Crippen LogP contribution < -0.4 is 15.8 Å². The standard InChI is InChI=1S/C19H25N3O.HI/c1-14-6-5-7-15(12-14)19(2,3)13-21-18(20)22-16-8-10-17(23-4)11-9-16;/h5-12H,13H2,1-4H3,(H3,20,21,22);1H. The highest BCUT2D eigenvalue weighted by molar-refractivity contribution is 14.0. The number of halogens is 1. The van der Waals surface area contributed by atoms with Crippen LogP contribution in [0.25, 0.3) is 0 Å². The summed E-state index contributed by atoms with van der Waals surface area (Å²) in [4.78, 5) is 4.49. The predicted molar refractivity (Wildman–Crippen MR) is 113 cm³/mol. The molecular formula is C19H26IN3O. The van der Waals surface area contributed by atoms with Crippen LogP contribution in [-0.2, 0) is 5.41 Å². The number of ether oxygens (including phenoxy) is 1. The molecule has 0 saturated heterocycles. The van der Waals surface area contributed by atoms with Crippen LogP contribution in [0.5, 0.6) is 5.75 Å². The van der Waals surface area contributed by atoms with Crippen LogP contribution in [0.3, 0.4) is 0 Å². The minimum absolute atomic E-state index is 0. The molecule has 0 bridgehead atoms. The van der Waals surface area contributed by atoms with Crippen LogP contribution in [0.15, 0.2) is 53.5 Å². The Kier molecular flexibility index (Phi) is 7.54. The van der Waals surface area contributed by atoms with Crippen LogP contribution >= 0.6 is 24.0 Å². The van der Waals surface area contributed by atoms with Crippen LogP contribution in [-0.4, -0.2) is 19.6 Å². The molecule has 0 spiro atoms. The second-order valence-electron chi connectivity index (χ2n) is 6.31. The van der Waals surface area contributed by atoms with Gasteiger partial charge in [-0.3, -0.25) is 4.99 Å². The molecule has 0 atom stereocenters. The van der Waals surface area contributed by atoms with E-state index in [1.807, 2.05) is 24.3 Å². The van der Waals surface area contributed by atoms with E-state index in [0.717, 1.165) is 11.4 Å². The fourth-order valence-corrected chi connectivity index (χ4v) is 2.30. The van der Waals surface area contributed by atoms with E-state index in [-0.39, 0.29) is 29.4 Å². The van der Waals surface area contributed by atoms with E-state index in [9.17, 15) is 0 Å². The summed E-state index contributed by atoms with van der Waals surface area (Å²) in [6.07, 6.45) is 0. The van der Waals surface area contributed by atoms with Gasteiger partial charge in [0.2, 0.25) is 0 Å². The molecule has 3 N–H and O–H groups in total. The van der Waals surface area contributed by atoms with Crippen LogP contribution in [0.2, 0.25) is 0 Å². The Morgan fingerprint density at radius 3 is 2.42 bits per heavy atom. The molecule has 0 saturated carbocycles. The number of hydrogen-bond donors (Lipinski definition) is 2. The molecule has 0 amide bonds. The first kappa shape index (κ1) is 20.3. The van der Waals surface area contributed by atoms with Gasteiger partial charge in [0.15, 0.2) is 5.96 Å². The van der Waals surface area contributed by atoms with Crippen LogP contribution in [0, 0.1) is 6.92 Å². The van der Waals surface area contributed by atoms with E-state index in [1.54, 1.807) is 7.11 Å². The SMILES string of the molecule is COc1ccc(NC(N)=NCC(C)(C)c2cccc(C)c2)cc1.I. The van der Waals surface area contributed by atoms with Crippen molar-refractivity contribution in [2.45, 2.75) is 26.2 Å². The molecule has 0 aromatic heterocycles. The van der Waals surface area contributed by atoms with Crippen molar-refractivity contribution in [1.82, 2.24) is 0 Å². The average Bonchev–Trinajstić information content (AvgIpc) is 2.54. The van der Waals surface area contributed by atoms with E-state index in [0.29, 0.717) is 12.5 Å². The van der Waals surface area contributed by atoms with Crippen LogP contribution in [0.4, 0.5) is 5.69 Å². The minimum atomic E-state index is -0.0712. The Hall–Kier alpha value is -1.76. The fraction of sp³-hybridized carbons (Fsp3) is 0.316. The molecule has 4 nitrogen and oxygen atoms in total. The number of nitrogens with two attached hydrogens (primary N) is 1. The molecular weight excluding hydrogens is 413 g/mol. The molecule has 130 valence electrons. The normalized spacial score (nSPS) is 11.6. The van der Waals surface area contributed by atoms with Gasteiger partial charge < -0.3 is 15.8 Å². The molecule has 2 rings (SSSR count). The fourth-order valence-electron chi connectivity index (χ4n) is 2.30. The van der Waals surface area contributed by atoms with E-state index < -0.39 is 0 Å². The molecule has 5 heteroatoms. The maximum Gasteiger partial charge on any atom is 0.193 e. The van der Waals surface area contributed by atoms with Crippen molar-refractivity contribution in [3.8, 4) is 5.75 Å².